The second kappa shape index (κ2) is 9.99. The largest absolute Gasteiger partial charge is 0.337 e. The lowest BCUT2D eigenvalue weighted by atomic mass is 9.69. The van der Waals surface area contributed by atoms with Crippen LogP contribution in [0.1, 0.15) is 60.1 Å². The van der Waals surface area contributed by atoms with E-state index in [1.807, 2.05) is 0 Å². The molecule has 0 bridgehead atoms. The Kier molecular flexibility index (Phi) is 5.79. The van der Waals surface area contributed by atoms with Crippen molar-refractivity contribution in [2.45, 2.75) is 49.5 Å². The predicted molar refractivity (Wildman–Crippen MR) is 180 cm³/mol. The molecule has 208 valence electrons. The summed E-state index contributed by atoms with van der Waals surface area (Å²) in [4.78, 5) is 2.67. The lowest BCUT2D eigenvalue weighted by Crippen LogP contribution is -2.32. The summed E-state index contributed by atoms with van der Waals surface area (Å²) in [5.74, 6) is 1.42. The van der Waals surface area contributed by atoms with E-state index in [0.29, 0.717) is 23.8 Å². The van der Waals surface area contributed by atoms with E-state index in [4.69, 9.17) is 0 Å². The summed E-state index contributed by atoms with van der Waals surface area (Å²) in [6, 6.07) is 44.1. The Balaban J connectivity index is 1.13. The highest BCUT2D eigenvalue weighted by Gasteiger charge is 2.41. The van der Waals surface area contributed by atoms with Crippen LogP contribution in [0.3, 0.4) is 0 Å². The maximum Gasteiger partial charge on any atom is 0.0450 e. The van der Waals surface area contributed by atoms with E-state index in [9.17, 15) is 0 Å². The van der Waals surface area contributed by atoms with Gasteiger partial charge >= 0.3 is 0 Å². The van der Waals surface area contributed by atoms with E-state index in [0.717, 1.165) is 0 Å². The average Bonchev–Trinajstić information content (AvgIpc) is 3.42. The topological polar surface area (TPSA) is 3.24 Å². The Hall–Kier alpha value is -4.62. The number of hydrogen-bond acceptors (Lipinski definition) is 1. The van der Waals surface area contributed by atoms with E-state index in [-0.39, 0.29) is 0 Å². The fourth-order valence-corrected chi connectivity index (χ4v) is 8.50. The summed E-state index contributed by atoms with van der Waals surface area (Å²) in [6.07, 6.45) is 14.4. The zero-order valence-corrected chi connectivity index (χ0v) is 24.4. The molecule has 1 fully saturated rings. The van der Waals surface area contributed by atoms with Gasteiger partial charge in [0, 0.05) is 35.2 Å². The van der Waals surface area contributed by atoms with Crippen LogP contribution in [0.5, 0.6) is 0 Å². The van der Waals surface area contributed by atoms with Crippen molar-refractivity contribution in [2.75, 3.05) is 4.90 Å². The second-order valence-corrected chi connectivity index (χ2v) is 12.7. The van der Waals surface area contributed by atoms with E-state index >= 15 is 0 Å². The number of allylic oxidation sites excluding steroid dienone is 4. The number of benzene rings is 5. The monoisotopic (exact) mass is 553 g/mol. The summed E-state index contributed by atoms with van der Waals surface area (Å²) < 4.78 is 0. The van der Waals surface area contributed by atoms with Gasteiger partial charge in [-0.1, -0.05) is 122 Å². The molecule has 5 aromatic rings. The van der Waals surface area contributed by atoms with Crippen LogP contribution >= 0.6 is 0 Å². The molecule has 4 aliphatic rings. The number of rotatable bonds is 3. The summed E-state index contributed by atoms with van der Waals surface area (Å²) in [5, 5.41) is 0. The van der Waals surface area contributed by atoms with Gasteiger partial charge in [-0.25, -0.2) is 0 Å². The van der Waals surface area contributed by atoms with Crippen molar-refractivity contribution in [1.82, 2.24) is 0 Å². The zero-order chi connectivity index (χ0) is 28.3. The quantitative estimate of drug-likeness (QED) is 0.215. The number of anilines is 2. The smallest absolute Gasteiger partial charge is 0.0450 e. The van der Waals surface area contributed by atoms with Crippen LogP contribution in [0.4, 0.5) is 11.4 Å². The molecule has 0 spiro atoms. The molecular weight excluding hydrogens is 518 g/mol. The molecule has 1 heteroatoms. The molecule has 1 nitrogen and oxygen atoms in total. The van der Waals surface area contributed by atoms with Crippen LogP contribution in [0, 0.1) is 0 Å². The molecule has 4 atom stereocenters. The van der Waals surface area contributed by atoms with Crippen LogP contribution in [0.2, 0.25) is 0 Å². The van der Waals surface area contributed by atoms with Gasteiger partial charge in [-0.05, 0) is 93.2 Å². The third-order valence-corrected chi connectivity index (χ3v) is 10.5. The van der Waals surface area contributed by atoms with Gasteiger partial charge in [-0.3, -0.25) is 0 Å². The minimum atomic E-state index is 0.409. The molecular formula is C42H35N. The van der Waals surface area contributed by atoms with E-state index in [1.54, 1.807) is 0 Å². The van der Waals surface area contributed by atoms with Crippen LogP contribution in [0.15, 0.2) is 140 Å². The first-order valence-electron chi connectivity index (χ1n) is 16.0. The number of fused-ring (bicyclic) bond motifs is 9. The molecule has 0 amide bonds. The molecule has 43 heavy (non-hydrogen) atoms. The first-order chi connectivity index (χ1) is 21.3. The number of nitrogens with zero attached hydrogens (tertiary/aromatic N) is 1. The Morgan fingerprint density at radius 2 is 1.19 bits per heavy atom. The minimum absolute atomic E-state index is 0.409. The standard InChI is InChI=1S/C42H35N/c1-2-11-28(12-3-1)29-13-10-14-32(25-29)43-41-20-9-8-19-38(41)40-27-31(22-24-42(40)43)30-21-23-37-35-17-5-4-15-33(35)34-16-6-7-18-36(34)39(37)26-30/h1-7,10-18,21-27,33,35,38,41H,8-9,19-20H2. The zero-order valence-electron chi connectivity index (χ0n) is 24.4. The highest BCUT2D eigenvalue weighted by atomic mass is 15.2. The van der Waals surface area contributed by atoms with E-state index in [2.05, 4.69) is 144 Å². The van der Waals surface area contributed by atoms with Crippen molar-refractivity contribution in [3.05, 3.63) is 156 Å². The van der Waals surface area contributed by atoms with E-state index < -0.39 is 0 Å². The normalized spacial score (nSPS) is 22.7. The van der Waals surface area contributed by atoms with Crippen LogP contribution in [-0.4, -0.2) is 6.04 Å². The van der Waals surface area contributed by atoms with Crippen molar-refractivity contribution in [3.63, 3.8) is 0 Å². The van der Waals surface area contributed by atoms with Gasteiger partial charge in [-0.2, -0.15) is 0 Å². The molecule has 1 aliphatic heterocycles. The molecule has 9 rings (SSSR count). The fourth-order valence-electron chi connectivity index (χ4n) is 8.50. The van der Waals surface area contributed by atoms with Crippen LogP contribution in [-0.2, 0) is 0 Å². The Morgan fingerprint density at radius 1 is 0.488 bits per heavy atom. The first-order valence-corrected chi connectivity index (χ1v) is 16.0. The van der Waals surface area contributed by atoms with Crippen molar-refractivity contribution in [2.24, 2.45) is 0 Å². The maximum absolute atomic E-state index is 2.67. The lowest BCUT2D eigenvalue weighted by molar-refractivity contribution is 0.402. The van der Waals surface area contributed by atoms with Crippen molar-refractivity contribution >= 4 is 11.4 Å². The van der Waals surface area contributed by atoms with Gasteiger partial charge in [0.1, 0.15) is 0 Å². The third-order valence-electron chi connectivity index (χ3n) is 10.5. The van der Waals surface area contributed by atoms with Gasteiger partial charge in [-0.15, -0.1) is 0 Å². The predicted octanol–water partition coefficient (Wildman–Crippen LogP) is 11.2. The summed E-state index contributed by atoms with van der Waals surface area (Å²) in [5.41, 5.74) is 15.2. The lowest BCUT2D eigenvalue weighted by Gasteiger charge is -2.34. The Bertz CT molecular complexity index is 1910. The average molecular weight is 554 g/mol. The molecule has 1 saturated carbocycles. The highest BCUT2D eigenvalue weighted by molar-refractivity contribution is 5.84. The summed E-state index contributed by atoms with van der Waals surface area (Å²) in [7, 11) is 0. The second-order valence-electron chi connectivity index (χ2n) is 12.7. The van der Waals surface area contributed by atoms with Crippen molar-refractivity contribution < 1.29 is 0 Å². The summed E-state index contributed by atoms with van der Waals surface area (Å²) >= 11 is 0. The molecule has 0 aromatic heterocycles. The van der Waals surface area contributed by atoms with Gasteiger partial charge in [0.15, 0.2) is 0 Å². The molecule has 0 N–H and O–H groups in total. The highest BCUT2D eigenvalue weighted by Crippen LogP contribution is 2.53. The SMILES string of the molecule is C1=CC2c3ccccc3-c3cc(-c4ccc5c(c4)C4CCCCC4N5c4cccc(-c5ccccc5)c4)ccc3C2C=C1. The Morgan fingerprint density at radius 3 is 2.07 bits per heavy atom. The van der Waals surface area contributed by atoms with Gasteiger partial charge in [0.2, 0.25) is 0 Å². The summed E-state index contributed by atoms with van der Waals surface area (Å²) in [6.45, 7) is 0. The molecule has 1 heterocycles. The van der Waals surface area contributed by atoms with Gasteiger partial charge < -0.3 is 4.90 Å². The molecule has 3 aliphatic carbocycles. The van der Waals surface area contributed by atoms with Gasteiger partial charge in [0.25, 0.3) is 0 Å². The van der Waals surface area contributed by atoms with Gasteiger partial charge in [0.05, 0.1) is 0 Å². The fraction of sp³-hybridized carbons (Fsp3) is 0.190. The number of hydrogen-bond donors (Lipinski definition) is 0. The Labute approximate surface area is 254 Å². The maximum atomic E-state index is 2.67. The van der Waals surface area contributed by atoms with E-state index in [1.165, 1.54) is 87.1 Å². The molecule has 0 radical (unpaired) electrons. The minimum Gasteiger partial charge on any atom is -0.337 e. The van der Waals surface area contributed by atoms with Crippen molar-refractivity contribution in [3.8, 4) is 33.4 Å². The molecule has 0 saturated heterocycles. The van der Waals surface area contributed by atoms with Crippen molar-refractivity contribution in [1.29, 1.82) is 0 Å². The molecule has 5 aromatic carbocycles. The van der Waals surface area contributed by atoms with Crippen LogP contribution in [0.25, 0.3) is 33.4 Å². The third kappa shape index (κ3) is 3.98. The first kappa shape index (κ1) is 24.9. The van der Waals surface area contributed by atoms with Crippen LogP contribution < -0.4 is 4.90 Å². The molecule has 4 unspecified atom stereocenters.